The van der Waals surface area contributed by atoms with Crippen molar-refractivity contribution in [2.45, 2.75) is 32.1 Å². The van der Waals surface area contributed by atoms with Crippen molar-refractivity contribution >= 4 is 21.7 Å². The summed E-state index contributed by atoms with van der Waals surface area (Å²) in [5.74, 6) is 2.50. The Bertz CT molecular complexity index is 591. The van der Waals surface area contributed by atoms with Crippen LogP contribution < -0.4 is 5.32 Å². The Hall–Kier alpha value is -1.42. The third kappa shape index (κ3) is 3.18. The summed E-state index contributed by atoms with van der Waals surface area (Å²) in [6, 6.07) is 10.3. The molecule has 2 aromatic rings. The maximum Gasteiger partial charge on any atom is 0.134 e. The smallest absolute Gasteiger partial charge is 0.134 e. The molecule has 0 bridgehead atoms. The summed E-state index contributed by atoms with van der Waals surface area (Å²) >= 11 is 3.47. The minimum absolute atomic E-state index is 0.563. The molecule has 0 amide bonds. The molecule has 104 valence electrons. The van der Waals surface area contributed by atoms with E-state index in [1.54, 1.807) is 0 Å². The number of nitrogens with zero attached hydrogens (tertiary/aromatic N) is 2. The zero-order chi connectivity index (χ0) is 13.9. The molecular formula is C16H18BrN3. The van der Waals surface area contributed by atoms with E-state index in [0.717, 1.165) is 40.3 Å². The lowest BCUT2D eigenvalue weighted by Gasteiger charge is -2.09. The Kier molecular flexibility index (Phi) is 4.01. The Labute approximate surface area is 128 Å². The Morgan fingerprint density at radius 3 is 2.60 bits per heavy atom. The van der Waals surface area contributed by atoms with Crippen LogP contribution in [0.25, 0.3) is 11.3 Å². The molecule has 0 spiro atoms. The van der Waals surface area contributed by atoms with Gasteiger partial charge in [-0.2, -0.15) is 0 Å². The fourth-order valence-corrected chi connectivity index (χ4v) is 2.37. The van der Waals surface area contributed by atoms with Crippen molar-refractivity contribution in [3.63, 3.8) is 0 Å². The number of aromatic nitrogens is 2. The molecule has 1 N–H and O–H groups in total. The number of benzene rings is 1. The summed E-state index contributed by atoms with van der Waals surface area (Å²) < 4.78 is 1.09. The Balaban J connectivity index is 1.95. The first kappa shape index (κ1) is 13.6. The maximum absolute atomic E-state index is 4.74. The molecule has 1 aliphatic rings. The van der Waals surface area contributed by atoms with Gasteiger partial charge in [0.05, 0.1) is 5.69 Å². The zero-order valence-electron chi connectivity index (χ0n) is 11.6. The average molecular weight is 332 g/mol. The molecule has 4 heteroatoms. The van der Waals surface area contributed by atoms with Gasteiger partial charge in [0, 0.05) is 28.6 Å². The van der Waals surface area contributed by atoms with Crippen molar-refractivity contribution in [1.29, 1.82) is 0 Å². The Morgan fingerprint density at radius 2 is 1.95 bits per heavy atom. The van der Waals surface area contributed by atoms with Gasteiger partial charge in [-0.3, -0.25) is 0 Å². The minimum Gasteiger partial charge on any atom is -0.370 e. The van der Waals surface area contributed by atoms with E-state index in [2.05, 4.69) is 45.3 Å². The molecule has 1 saturated carbocycles. The summed E-state index contributed by atoms with van der Waals surface area (Å²) in [7, 11) is 0. The SMILES string of the molecule is CCCNc1cc(-c2ccc(Br)cc2)nc(C2CC2)n1. The van der Waals surface area contributed by atoms with Crippen LogP contribution in [0.5, 0.6) is 0 Å². The van der Waals surface area contributed by atoms with Crippen molar-refractivity contribution < 1.29 is 0 Å². The molecule has 0 unspecified atom stereocenters. The van der Waals surface area contributed by atoms with Crippen LogP contribution in [0.2, 0.25) is 0 Å². The second-order valence-electron chi connectivity index (χ2n) is 5.20. The average Bonchev–Trinajstić information content (AvgIpc) is 3.30. The summed E-state index contributed by atoms with van der Waals surface area (Å²) in [4.78, 5) is 9.38. The molecule has 0 aliphatic heterocycles. The summed E-state index contributed by atoms with van der Waals surface area (Å²) in [6.45, 7) is 3.10. The van der Waals surface area contributed by atoms with Crippen LogP contribution in [-0.2, 0) is 0 Å². The first-order chi connectivity index (χ1) is 9.76. The molecule has 0 atom stereocenters. The van der Waals surface area contributed by atoms with E-state index in [1.807, 2.05) is 18.2 Å². The van der Waals surface area contributed by atoms with Crippen molar-refractivity contribution in [3.05, 3.63) is 40.6 Å². The van der Waals surface area contributed by atoms with E-state index in [-0.39, 0.29) is 0 Å². The van der Waals surface area contributed by atoms with Gasteiger partial charge in [-0.25, -0.2) is 9.97 Å². The molecule has 3 rings (SSSR count). The van der Waals surface area contributed by atoms with Crippen LogP contribution in [-0.4, -0.2) is 16.5 Å². The number of hydrogen-bond acceptors (Lipinski definition) is 3. The highest BCUT2D eigenvalue weighted by Gasteiger charge is 2.27. The maximum atomic E-state index is 4.74. The third-order valence-corrected chi connectivity index (χ3v) is 3.91. The lowest BCUT2D eigenvalue weighted by Crippen LogP contribution is -2.05. The van der Waals surface area contributed by atoms with Crippen LogP contribution in [0, 0.1) is 0 Å². The topological polar surface area (TPSA) is 37.8 Å². The highest BCUT2D eigenvalue weighted by atomic mass is 79.9. The molecule has 1 aromatic heterocycles. The van der Waals surface area contributed by atoms with Gasteiger partial charge in [0.2, 0.25) is 0 Å². The fraction of sp³-hybridized carbons (Fsp3) is 0.375. The van der Waals surface area contributed by atoms with E-state index in [4.69, 9.17) is 4.98 Å². The first-order valence-corrected chi connectivity index (χ1v) is 7.94. The monoisotopic (exact) mass is 331 g/mol. The fourth-order valence-electron chi connectivity index (χ4n) is 2.10. The summed E-state index contributed by atoms with van der Waals surface area (Å²) in [6.07, 6.45) is 3.53. The summed E-state index contributed by atoms with van der Waals surface area (Å²) in [5, 5.41) is 3.38. The molecule has 1 aromatic carbocycles. The van der Waals surface area contributed by atoms with Crippen LogP contribution in [0.15, 0.2) is 34.8 Å². The van der Waals surface area contributed by atoms with Gasteiger partial charge in [-0.15, -0.1) is 0 Å². The van der Waals surface area contributed by atoms with Crippen molar-refractivity contribution in [3.8, 4) is 11.3 Å². The van der Waals surface area contributed by atoms with Crippen molar-refractivity contribution in [2.24, 2.45) is 0 Å². The highest BCUT2D eigenvalue weighted by molar-refractivity contribution is 9.10. The van der Waals surface area contributed by atoms with Crippen LogP contribution in [0.1, 0.15) is 37.9 Å². The quantitative estimate of drug-likeness (QED) is 0.869. The van der Waals surface area contributed by atoms with Crippen LogP contribution in [0.3, 0.4) is 0 Å². The van der Waals surface area contributed by atoms with E-state index in [9.17, 15) is 0 Å². The van der Waals surface area contributed by atoms with Crippen molar-refractivity contribution in [2.75, 3.05) is 11.9 Å². The molecule has 3 nitrogen and oxygen atoms in total. The third-order valence-electron chi connectivity index (χ3n) is 3.38. The molecule has 0 saturated heterocycles. The normalized spacial score (nSPS) is 14.3. The summed E-state index contributed by atoms with van der Waals surface area (Å²) in [5.41, 5.74) is 2.14. The lowest BCUT2D eigenvalue weighted by molar-refractivity contribution is 0.911. The Morgan fingerprint density at radius 1 is 1.20 bits per heavy atom. The van der Waals surface area contributed by atoms with E-state index >= 15 is 0 Å². The van der Waals surface area contributed by atoms with Gasteiger partial charge < -0.3 is 5.32 Å². The van der Waals surface area contributed by atoms with Gasteiger partial charge in [0.1, 0.15) is 11.6 Å². The van der Waals surface area contributed by atoms with Crippen LogP contribution >= 0.6 is 15.9 Å². The molecule has 1 fully saturated rings. The van der Waals surface area contributed by atoms with Gasteiger partial charge in [0.15, 0.2) is 0 Å². The number of hydrogen-bond donors (Lipinski definition) is 1. The minimum atomic E-state index is 0.563. The standard InChI is InChI=1S/C16H18BrN3/c1-2-9-18-15-10-14(11-5-7-13(17)8-6-11)19-16(20-15)12-3-4-12/h5-8,10,12H,2-4,9H2,1H3,(H,18,19,20). The highest BCUT2D eigenvalue weighted by Crippen LogP contribution is 2.39. The molecule has 20 heavy (non-hydrogen) atoms. The van der Waals surface area contributed by atoms with Crippen LogP contribution in [0.4, 0.5) is 5.82 Å². The predicted molar refractivity (Wildman–Crippen MR) is 85.9 cm³/mol. The van der Waals surface area contributed by atoms with Gasteiger partial charge in [-0.1, -0.05) is 35.0 Å². The number of rotatable bonds is 5. The molecule has 1 aliphatic carbocycles. The second kappa shape index (κ2) is 5.92. The zero-order valence-corrected chi connectivity index (χ0v) is 13.2. The van der Waals surface area contributed by atoms with E-state index in [1.165, 1.54) is 12.8 Å². The lowest BCUT2D eigenvalue weighted by atomic mass is 10.1. The number of anilines is 1. The number of nitrogens with one attached hydrogen (secondary N) is 1. The predicted octanol–water partition coefficient (Wildman–Crippen LogP) is 4.61. The second-order valence-corrected chi connectivity index (χ2v) is 6.12. The molecule has 0 radical (unpaired) electrons. The molecule has 1 heterocycles. The first-order valence-electron chi connectivity index (χ1n) is 7.15. The van der Waals surface area contributed by atoms with Crippen molar-refractivity contribution in [1.82, 2.24) is 9.97 Å². The van der Waals surface area contributed by atoms with Gasteiger partial charge in [-0.05, 0) is 31.4 Å². The van der Waals surface area contributed by atoms with Gasteiger partial charge in [0.25, 0.3) is 0 Å². The largest absolute Gasteiger partial charge is 0.370 e. The number of halogens is 1. The van der Waals surface area contributed by atoms with E-state index in [0.29, 0.717) is 5.92 Å². The van der Waals surface area contributed by atoms with Gasteiger partial charge >= 0.3 is 0 Å². The van der Waals surface area contributed by atoms with E-state index < -0.39 is 0 Å². The molecular weight excluding hydrogens is 314 g/mol.